The molecule has 2 aromatic rings. The van der Waals surface area contributed by atoms with Crippen LogP contribution in [0.25, 0.3) is 10.9 Å². The first-order valence-electron chi connectivity index (χ1n) is 14.9. The van der Waals surface area contributed by atoms with E-state index in [4.69, 9.17) is 0 Å². The van der Waals surface area contributed by atoms with Gasteiger partial charge in [0.1, 0.15) is 12.2 Å². The van der Waals surface area contributed by atoms with Crippen LogP contribution in [0.5, 0.6) is 0 Å². The van der Waals surface area contributed by atoms with E-state index in [1.165, 1.54) is 6.92 Å². The average Bonchev–Trinajstić information content (AvgIpc) is 3.30. The lowest BCUT2D eigenvalue weighted by Gasteiger charge is -2.26. The summed E-state index contributed by atoms with van der Waals surface area (Å²) in [5.74, 6) is 0.0653. The monoisotopic (exact) mass is 549 g/mol. The second-order valence-corrected chi connectivity index (χ2v) is 12.6. The number of amides is 2. The Kier molecular flexibility index (Phi) is 7.77. The molecule has 0 radical (unpaired) electrons. The normalized spacial score (nSPS) is 27.4. The van der Waals surface area contributed by atoms with Crippen molar-refractivity contribution in [2.75, 3.05) is 11.9 Å². The molecule has 2 amide bonds. The Morgan fingerprint density at radius 3 is 2.67 bits per heavy atom. The highest BCUT2D eigenvalue weighted by Crippen LogP contribution is 2.59. The smallest absolute Gasteiger partial charge is 0.245 e. The molecular weight excluding hydrogens is 506 g/mol. The van der Waals surface area contributed by atoms with Gasteiger partial charge in [0.05, 0.1) is 11.6 Å². The largest absolute Gasteiger partial charge is 0.383 e. The second-order valence-electron chi connectivity index (χ2n) is 12.6. The minimum absolute atomic E-state index is 0.0306. The molecule has 9 heteroatoms. The van der Waals surface area contributed by atoms with Gasteiger partial charge in [-0.1, -0.05) is 26.7 Å². The molecule has 4 atom stereocenters. The lowest BCUT2D eigenvalue weighted by Crippen LogP contribution is -2.44. The average molecular weight is 550 g/mol. The van der Waals surface area contributed by atoms with Gasteiger partial charge >= 0.3 is 0 Å². The zero-order valence-electron chi connectivity index (χ0n) is 24.5. The standard InChI is InChI=1S/C31H43N5O4/c1-6-25(38)24-14-31-15-26(31)36(24)28(40)16-35-30-21(10-8-7-9-19(4)11-27(39)32-17-31)12-22(33-18(2)3)13-23(30)29(34-35)20(5)37/h12-13,18-19,24,26,33H,6-11,14-17H2,1-5H3,(H,32,39)/t19-,24+,26-,31+/m1/s1. The molecule has 2 fully saturated rings. The number of aromatic nitrogens is 2. The predicted octanol–water partition coefficient (Wildman–Crippen LogP) is 4.27. The van der Waals surface area contributed by atoms with Crippen LogP contribution in [0.2, 0.25) is 0 Å². The molecular formula is C31H43N5O4. The maximum atomic E-state index is 14.0. The number of carbonyl (C=O) groups is 4. The summed E-state index contributed by atoms with van der Waals surface area (Å²) in [6.45, 7) is 10.1. The van der Waals surface area contributed by atoms with Gasteiger partial charge in [0.25, 0.3) is 0 Å². The van der Waals surface area contributed by atoms with E-state index in [9.17, 15) is 19.2 Å². The Hall–Kier alpha value is -3.23. The number of aryl methyl sites for hydroxylation is 1. The molecule has 216 valence electrons. The van der Waals surface area contributed by atoms with Gasteiger partial charge in [-0.15, -0.1) is 0 Å². The van der Waals surface area contributed by atoms with Gasteiger partial charge < -0.3 is 15.5 Å². The van der Waals surface area contributed by atoms with E-state index in [-0.39, 0.29) is 53.3 Å². The molecule has 1 saturated heterocycles. The fourth-order valence-electron chi connectivity index (χ4n) is 6.92. The van der Waals surface area contributed by atoms with Gasteiger partial charge in [-0.2, -0.15) is 5.10 Å². The maximum absolute atomic E-state index is 14.0. The number of hydrogen-bond donors (Lipinski definition) is 2. The molecule has 0 unspecified atom stereocenters. The van der Waals surface area contributed by atoms with E-state index in [1.54, 1.807) is 9.58 Å². The van der Waals surface area contributed by atoms with E-state index in [1.807, 2.05) is 13.0 Å². The molecule has 0 spiro atoms. The summed E-state index contributed by atoms with van der Waals surface area (Å²) in [5, 5.41) is 12.0. The minimum atomic E-state index is -0.485. The summed E-state index contributed by atoms with van der Waals surface area (Å²) < 4.78 is 1.70. The molecule has 3 aliphatic rings. The van der Waals surface area contributed by atoms with Crippen molar-refractivity contribution < 1.29 is 19.2 Å². The third-order valence-corrected chi connectivity index (χ3v) is 8.99. The minimum Gasteiger partial charge on any atom is -0.383 e. The third-order valence-electron chi connectivity index (χ3n) is 8.99. The fourth-order valence-corrected chi connectivity index (χ4v) is 6.92. The lowest BCUT2D eigenvalue weighted by molar-refractivity contribution is -0.139. The highest BCUT2D eigenvalue weighted by atomic mass is 16.2. The van der Waals surface area contributed by atoms with Gasteiger partial charge in [-0.05, 0) is 63.1 Å². The molecule has 1 saturated carbocycles. The van der Waals surface area contributed by atoms with Crippen LogP contribution in [0.3, 0.4) is 0 Å². The molecule has 40 heavy (non-hydrogen) atoms. The quantitative estimate of drug-likeness (QED) is 0.539. The van der Waals surface area contributed by atoms with E-state index < -0.39 is 6.04 Å². The van der Waals surface area contributed by atoms with Crippen LogP contribution in [-0.4, -0.2) is 62.7 Å². The van der Waals surface area contributed by atoms with Crippen molar-refractivity contribution in [3.05, 3.63) is 23.4 Å². The Morgan fingerprint density at radius 1 is 1.20 bits per heavy atom. The first-order valence-corrected chi connectivity index (χ1v) is 14.9. The summed E-state index contributed by atoms with van der Waals surface area (Å²) in [6.07, 6.45) is 5.83. The number of rotatable bonds is 5. The summed E-state index contributed by atoms with van der Waals surface area (Å²) in [4.78, 5) is 54.2. The Labute approximate surface area is 236 Å². The highest BCUT2D eigenvalue weighted by Gasteiger charge is 2.66. The molecule has 1 aromatic heterocycles. The Balaban J connectivity index is 1.58. The molecule has 5 rings (SSSR count). The van der Waals surface area contributed by atoms with Crippen molar-refractivity contribution >= 4 is 40.0 Å². The summed E-state index contributed by atoms with van der Waals surface area (Å²) in [5.41, 5.74) is 2.92. The van der Waals surface area contributed by atoms with Crippen LogP contribution in [0.15, 0.2) is 12.1 Å². The SMILES string of the molecule is CCC(=O)[C@@H]1C[C@]23CNC(=O)C[C@H](C)CCCCc4cc(NC(C)C)cc5c(C(C)=O)nn(c45)CC(=O)N1[C@@H]2C3. The van der Waals surface area contributed by atoms with Crippen LogP contribution >= 0.6 is 0 Å². The number of hydrogen-bond acceptors (Lipinski definition) is 6. The topological polar surface area (TPSA) is 113 Å². The van der Waals surface area contributed by atoms with Crippen molar-refractivity contribution in [1.82, 2.24) is 20.0 Å². The number of nitrogens with zero attached hydrogens (tertiary/aromatic N) is 3. The molecule has 3 heterocycles. The fraction of sp³-hybridized carbons (Fsp3) is 0.645. The molecule has 1 aliphatic carbocycles. The Bertz CT molecular complexity index is 1350. The van der Waals surface area contributed by atoms with Crippen LogP contribution in [0.4, 0.5) is 5.69 Å². The zero-order chi connectivity index (χ0) is 28.8. The van der Waals surface area contributed by atoms with E-state index >= 15 is 0 Å². The van der Waals surface area contributed by atoms with Crippen molar-refractivity contribution in [2.24, 2.45) is 11.3 Å². The predicted molar refractivity (Wildman–Crippen MR) is 154 cm³/mol. The van der Waals surface area contributed by atoms with E-state index in [0.29, 0.717) is 31.5 Å². The van der Waals surface area contributed by atoms with E-state index in [2.05, 4.69) is 42.6 Å². The number of ketones is 2. The van der Waals surface area contributed by atoms with Gasteiger partial charge in [0.15, 0.2) is 11.6 Å². The number of carbonyl (C=O) groups excluding carboxylic acids is 4. The van der Waals surface area contributed by atoms with E-state index in [0.717, 1.165) is 54.3 Å². The number of anilines is 1. The zero-order valence-corrected chi connectivity index (χ0v) is 24.5. The first kappa shape index (κ1) is 28.3. The van der Waals surface area contributed by atoms with Crippen molar-refractivity contribution in [1.29, 1.82) is 0 Å². The van der Waals surface area contributed by atoms with Crippen molar-refractivity contribution in [3.8, 4) is 0 Å². The van der Waals surface area contributed by atoms with Crippen LogP contribution in [0, 0.1) is 11.3 Å². The van der Waals surface area contributed by atoms with Crippen molar-refractivity contribution in [3.63, 3.8) is 0 Å². The van der Waals surface area contributed by atoms with Gasteiger partial charge in [0, 0.05) is 54.9 Å². The van der Waals surface area contributed by atoms with Crippen LogP contribution in [-0.2, 0) is 27.3 Å². The van der Waals surface area contributed by atoms with Gasteiger partial charge in [0.2, 0.25) is 11.8 Å². The summed E-state index contributed by atoms with van der Waals surface area (Å²) in [6, 6.07) is 3.75. The molecule has 2 bridgehead atoms. The number of nitrogens with one attached hydrogen (secondary N) is 2. The molecule has 2 aliphatic heterocycles. The molecule has 1 aromatic carbocycles. The van der Waals surface area contributed by atoms with Crippen LogP contribution in [0.1, 0.15) is 95.6 Å². The van der Waals surface area contributed by atoms with Gasteiger partial charge in [-0.25, -0.2) is 0 Å². The lowest BCUT2D eigenvalue weighted by atomic mass is 9.95. The third kappa shape index (κ3) is 5.39. The van der Waals surface area contributed by atoms with Gasteiger partial charge in [-0.3, -0.25) is 23.9 Å². The number of benzene rings is 1. The first-order chi connectivity index (χ1) is 19.0. The number of Topliss-reactive ketones (excluding diaryl/α,β-unsaturated/α-hetero) is 2. The summed E-state index contributed by atoms with van der Waals surface area (Å²) in [7, 11) is 0. The maximum Gasteiger partial charge on any atom is 0.245 e. The van der Waals surface area contributed by atoms with Crippen molar-refractivity contribution in [2.45, 2.75) is 111 Å². The highest BCUT2D eigenvalue weighted by molar-refractivity contribution is 6.06. The van der Waals surface area contributed by atoms with Crippen LogP contribution < -0.4 is 10.6 Å². The number of piperidine rings is 1. The second kappa shape index (κ2) is 11.0. The molecule has 2 N–H and O–H groups in total. The molecule has 9 nitrogen and oxygen atoms in total. The Morgan fingerprint density at radius 2 is 1.98 bits per heavy atom. The summed E-state index contributed by atoms with van der Waals surface area (Å²) >= 11 is 0.